The smallest absolute Gasteiger partial charge is 0.254 e. The van der Waals surface area contributed by atoms with E-state index in [1.54, 1.807) is 29.9 Å². The molecule has 0 aliphatic heterocycles. The Labute approximate surface area is 135 Å². The predicted octanol–water partition coefficient (Wildman–Crippen LogP) is 2.95. The van der Waals surface area contributed by atoms with Gasteiger partial charge in [-0.2, -0.15) is 5.10 Å². The zero-order valence-electron chi connectivity index (χ0n) is 14.1. The van der Waals surface area contributed by atoms with Crippen LogP contribution in [-0.4, -0.2) is 39.7 Å². The third-order valence-electron chi connectivity index (χ3n) is 3.89. The Bertz CT molecular complexity index is 909. The van der Waals surface area contributed by atoms with Gasteiger partial charge in [0.25, 0.3) is 5.91 Å². The van der Waals surface area contributed by atoms with Gasteiger partial charge in [0.1, 0.15) is 0 Å². The van der Waals surface area contributed by atoms with E-state index in [9.17, 15) is 4.79 Å². The van der Waals surface area contributed by atoms with Crippen LogP contribution in [-0.2, 0) is 7.05 Å². The van der Waals surface area contributed by atoms with Gasteiger partial charge in [-0.15, -0.1) is 0 Å². The van der Waals surface area contributed by atoms with Crippen LogP contribution in [0.3, 0.4) is 0 Å². The molecule has 0 saturated carbocycles. The van der Waals surface area contributed by atoms with Gasteiger partial charge in [-0.25, -0.2) is 4.98 Å². The molecule has 5 nitrogen and oxygen atoms in total. The Hall–Kier alpha value is -2.69. The summed E-state index contributed by atoms with van der Waals surface area (Å²) < 4.78 is 1.73. The van der Waals surface area contributed by atoms with Crippen LogP contribution < -0.4 is 0 Å². The molecule has 0 bridgehead atoms. The summed E-state index contributed by atoms with van der Waals surface area (Å²) in [6.45, 7) is 4.06. The van der Waals surface area contributed by atoms with E-state index in [0.29, 0.717) is 5.56 Å². The summed E-state index contributed by atoms with van der Waals surface area (Å²) in [6, 6.07) is 5.97. The highest BCUT2D eigenvalue weighted by atomic mass is 16.2. The van der Waals surface area contributed by atoms with Crippen molar-refractivity contribution in [2.24, 2.45) is 7.05 Å². The van der Waals surface area contributed by atoms with Crippen molar-refractivity contribution in [1.82, 2.24) is 19.7 Å². The van der Waals surface area contributed by atoms with Crippen LogP contribution in [0.5, 0.6) is 0 Å². The lowest BCUT2D eigenvalue weighted by Gasteiger charge is -2.15. The molecule has 0 aliphatic rings. The molecule has 0 atom stereocenters. The third kappa shape index (κ3) is 2.70. The molecule has 1 amide bonds. The van der Waals surface area contributed by atoms with Gasteiger partial charge in [0.05, 0.1) is 23.0 Å². The first-order valence-electron chi connectivity index (χ1n) is 7.49. The summed E-state index contributed by atoms with van der Waals surface area (Å²) in [4.78, 5) is 19.0. The molecule has 0 spiro atoms. The number of rotatable bonds is 2. The average Bonchev–Trinajstić information content (AvgIpc) is 2.91. The topological polar surface area (TPSA) is 51.0 Å². The van der Waals surface area contributed by atoms with Crippen molar-refractivity contribution in [3.05, 3.63) is 47.3 Å². The first kappa shape index (κ1) is 15.2. The van der Waals surface area contributed by atoms with Crippen LogP contribution in [0.4, 0.5) is 0 Å². The number of fused-ring (bicyclic) bond motifs is 1. The highest BCUT2D eigenvalue weighted by Crippen LogP contribution is 2.28. The zero-order valence-corrected chi connectivity index (χ0v) is 14.1. The lowest BCUT2D eigenvalue weighted by Crippen LogP contribution is -2.22. The molecule has 0 saturated heterocycles. The van der Waals surface area contributed by atoms with Gasteiger partial charge < -0.3 is 4.90 Å². The van der Waals surface area contributed by atoms with Crippen LogP contribution in [0.1, 0.15) is 21.5 Å². The van der Waals surface area contributed by atoms with Gasteiger partial charge in [0.2, 0.25) is 0 Å². The highest BCUT2D eigenvalue weighted by Gasteiger charge is 2.17. The van der Waals surface area contributed by atoms with Crippen LogP contribution >= 0.6 is 0 Å². The average molecular weight is 308 g/mol. The fraction of sp³-hybridized carbons (Fsp3) is 0.278. The van der Waals surface area contributed by atoms with Gasteiger partial charge in [-0.1, -0.05) is 6.07 Å². The summed E-state index contributed by atoms with van der Waals surface area (Å²) >= 11 is 0. The molecule has 0 unspecified atom stereocenters. The Morgan fingerprint density at radius 3 is 2.52 bits per heavy atom. The Morgan fingerprint density at radius 2 is 1.91 bits per heavy atom. The fourth-order valence-electron chi connectivity index (χ4n) is 2.87. The summed E-state index contributed by atoms with van der Waals surface area (Å²) in [5.41, 5.74) is 5.39. The van der Waals surface area contributed by atoms with Crippen LogP contribution in [0, 0.1) is 13.8 Å². The van der Waals surface area contributed by atoms with E-state index in [0.717, 1.165) is 33.3 Å². The second-order valence-corrected chi connectivity index (χ2v) is 6.13. The van der Waals surface area contributed by atoms with Gasteiger partial charge in [-0.3, -0.25) is 9.48 Å². The molecule has 2 heterocycles. The molecular formula is C18H20N4O. The number of aromatic nitrogens is 3. The molecule has 5 heteroatoms. The van der Waals surface area contributed by atoms with Crippen LogP contribution in [0.2, 0.25) is 0 Å². The maximum Gasteiger partial charge on any atom is 0.254 e. The van der Waals surface area contributed by atoms with Crippen molar-refractivity contribution in [2.45, 2.75) is 13.8 Å². The number of hydrogen-bond donors (Lipinski definition) is 0. The first-order chi connectivity index (χ1) is 10.9. The molecule has 3 aromatic rings. The quantitative estimate of drug-likeness (QED) is 0.731. The standard InChI is InChI=1S/C18H20N4O/c1-11-6-12(2)17-14(18(23)21(3)4)8-15(20-16(17)7-11)13-9-19-22(5)10-13/h6-10H,1-5H3. The zero-order chi connectivity index (χ0) is 16.7. The van der Waals surface area contributed by atoms with Crippen molar-refractivity contribution in [2.75, 3.05) is 14.1 Å². The van der Waals surface area contributed by atoms with Crippen LogP contribution in [0.25, 0.3) is 22.2 Å². The molecule has 1 aromatic carbocycles. The summed E-state index contributed by atoms with van der Waals surface area (Å²) in [7, 11) is 5.40. The maximum atomic E-state index is 12.7. The Balaban J connectivity index is 2.35. The van der Waals surface area contributed by atoms with Crippen LogP contribution in [0.15, 0.2) is 30.6 Å². The number of benzene rings is 1. The minimum Gasteiger partial charge on any atom is -0.345 e. The van der Waals surface area contributed by atoms with Crippen molar-refractivity contribution >= 4 is 16.8 Å². The van der Waals surface area contributed by atoms with E-state index in [4.69, 9.17) is 4.98 Å². The molecule has 3 rings (SSSR count). The van der Waals surface area contributed by atoms with Gasteiger partial charge >= 0.3 is 0 Å². The summed E-state index contributed by atoms with van der Waals surface area (Å²) in [5, 5.41) is 5.12. The molecular weight excluding hydrogens is 288 g/mol. The molecule has 2 aromatic heterocycles. The van der Waals surface area contributed by atoms with Crippen molar-refractivity contribution in [3.63, 3.8) is 0 Å². The van der Waals surface area contributed by atoms with Crippen molar-refractivity contribution in [3.8, 4) is 11.3 Å². The van der Waals surface area contributed by atoms with E-state index in [2.05, 4.69) is 11.2 Å². The molecule has 0 radical (unpaired) electrons. The Morgan fingerprint density at radius 1 is 1.17 bits per heavy atom. The van der Waals surface area contributed by atoms with E-state index in [1.165, 1.54) is 0 Å². The number of carbonyl (C=O) groups excluding carboxylic acids is 1. The normalized spacial score (nSPS) is 11.0. The van der Waals surface area contributed by atoms with E-state index >= 15 is 0 Å². The second-order valence-electron chi connectivity index (χ2n) is 6.13. The number of pyridine rings is 1. The number of aryl methyl sites for hydroxylation is 3. The lowest BCUT2D eigenvalue weighted by atomic mass is 9.99. The predicted molar refractivity (Wildman–Crippen MR) is 91.4 cm³/mol. The Kier molecular flexibility index (Phi) is 3.64. The van der Waals surface area contributed by atoms with Crippen molar-refractivity contribution < 1.29 is 4.79 Å². The molecule has 0 N–H and O–H groups in total. The summed E-state index contributed by atoms with van der Waals surface area (Å²) in [6.07, 6.45) is 3.67. The van der Waals surface area contributed by atoms with Gasteiger partial charge in [-0.05, 0) is 37.1 Å². The lowest BCUT2D eigenvalue weighted by molar-refractivity contribution is 0.0829. The van der Waals surface area contributed by atoms with E-state index < -0.39 is 0 Å². The second kappa shape index (κ2) is 5.50. The van der Waals surface area contributed by atoms with E-state index in [1.807, 2.05) is 39.2 Å². The SMILES string of the molecule is Cc1cc(C)c2c(C(=O)N(C)C)cc(-c3cnn(C)c3)nc2c1. The molecule has 0 aliphatic carbocycles. The number of nitrogens with zero attached hydrogens (tertiary/aromatic N) is 4. The molecule has 0 fully saturated rings. The monoisotopic (exact) mass is 308 g/mol. The van der Waals surface area contributed by atoms with Gasteiger partial charge in [0.15, 0.2) is 0 Å². The number of carbonyl (C=O) groups is 1. The summed E-state index contributed by atoms with van der Waals surface area (Å²) in [5.74, 6) is -0.0190. The largest absolute Gasteiger partial charge is 0.345 e. The number of hydrogen-bond acceptors (Lipinski definition) is 3. The minimum atomic E-state index is -0.0190. The minimum absolute atomic E-state index is 0.0190. The molecule has 118 valence electrons. The highest BCUT2D eigenvalue weighted by molar-refractivity contribution is 6.08. The fourth-order valence-corrected chi connectivity index (χ4v) is 2.87. The maximum absolute atomic E-state index is 12.7. The third-order valence-corrected chi connectivity index (χ3v) is 3.89. The molecule has 23 heavy (non-hydrogen) atoms. The van der Waals surface area contributed by atoms with Gasteiger partial charge in [0, 0.05) is 38.3 Å². The first-order valence-corrected chi connectivity index (χ1v) is 7.49. The van der Waals surface area contributed by atoms with Crippen molar-refractivity contribution in [1.29, 1.82) is 0 Å². The van der Waals surface area contributed by atoms with E-state index in [-0.39, 0.29) is 5.91 Å². The number of amides is 1.